The van der Waals surface area contributed by atoms with E-state index in [4.69, 9.17) is 8.83 Å². The van der Waals surface area contributed by atoms with Gasteiger partial charge in [0.05, 0.1) is 22.7 Å². The average Bonchev–Trinajstić information content (AvgIpc) is 3.99. The van der Waals surface area contributed by atoms with Crippen molar-refractivity contribution < 1.29 is 8.83 Å². The molecule has 2 heterocycles. The van der Waals surface area contributed by atoms with E-state index in [0.29, 0.717) is 0 Å². The van der Waals surface area contributed by atoms with Crippen LogP contribution in [0, 0.1) is 27.7 Å². The number of rotatable bonds is 8. The number of hydrogen-bond donors (Lipinski definition) is 0. The summed E-state index contributed by atoms with van der Waals surface area (Å²) in [6, 6.07) is 79.3. The fourth-order valence-electron chi connectivity index (χ4n) is 11.8. The molecule has 0 unspecified atom stereocenters. The topological polar surface area (TPSA) is 32.8 Å². The second kappa shape index (κ2) is 16.2. The predicted molar refractivity (Wildman–Crippen MR) is 304 cm³/mol. The zero-order valence-electron chi connectivity index (χ0n) is 40.5. The Labute approximate surface area is 417 Å². The molecule has 0 atom stereocenters. The van der Waals surface area contributed by atoms with Gasteiger partial charge in [0.1, 0.15) is 11.2 Å². The lowest BCUT2D eigenvalue weighted by Gasteiger charge is -2.30. The van der Waals surface area contributed by atoms with Crippen molar-refractivity contribution >= 4 is 110 Å². The molecule has 0 amide bonds. The molecule has 342 valence electrons. The first-order valence-electron chi connectivity index (χ1n) is 24.8. The summed E-state index contributed by atoms with van der Waals surface area (Å²) < 4.78 is 14.3. The average molecular weight is 925 g/mol. The minimum Gasteiger partial charge on any atom is -0.453 e. The number of furan rings is 2. The Morgan fingerprint density at radius 3 is 1.04 bits per heavy atom. The van der Waals surface area contributed by atoms with Gasteiger partial charge in [-0.3, -0.25) is 0 Å². The molecule has 2 aromatic heterocycles. The third kappa shape index (κ3) is 6.53. The molecule has 0 fully saturated rings. The second-order valence-corrected chi connectivity index (χ2v) is 19.6. The number of benzene rings is 12. The van der Waals surface area contributed by atoms with Gasteiger partial charge < -0.3 is 18.6 Å². The van der Waals surface area contributed by atoms with Crippen LogP contribution in [0.2, 0.25) is 0 Å². The fourth-order valence-corrected chi connectivity index (χ4v) is 11.8. The quantitative estimate of drug-likeness (QED) is 0.142. The van der Waals surface area contributed by atoms with E-state index in [2.05, 4.69) is 256 Å². The molecule has 14 rings (SSSR count). The van der Waals surface area contributed by atoms with Crippen LogP contribution < -0.4 is 9.80 Å². The van der Waals surface area contributed by atoms with Gasteiger partial charge in [0.15, 0.2) is 11.2 Å². The zero-order valence-corrected chi connectivity index (χ0v) is 40.5. The highest BCUT2D eigenvalue weighted by atomic mass is 16.3. The molecule has 14 aromatic rings. The predicted octanol–water partition coefficient (Wildman–Crippen LogP) is 19.9. The largest absolute Gasteiger partial charge is 0.453 e. The van der Waals surface area contributed by atoms with Gasteiger partial charge >= 0.3 is 0 Å². The highest BCUT2D eigenvalue weighted by Crippen LogP contribution is 2.51. The molecule has 4 nitrogen and oxygen atoms in total. The van der Waals surface area contributed by atoms with Crippen LogP contribution in [-0.2, 0) is 0 Å². The number of fused-ring (bicyclic) bond motifs is 6. The van der Waals surface area contributed by atoms with Crippen LogP contribution in [-0.4, -0.2) is 0 Å². The van der Waals surface area contributed by atoms with Crippen molar-refractivity contribution in [3.8, 4) is 22.3 Å². The maximum atomic E-state index is 7.15. The highest BCUT2D eigenvalue weighted by Gasteiger charge is 2.27. The summed E-state index contributed by atoms with van der Waals surface area (Å²) in [7, 11) is 0. The van der Waals surface area contributed by atoms with Gasteiger partial charge in [0, 0.05) is 54.8 Å². The normalized spacial score (nSPS) is 11.9. The van der Waals surface area contributed by atoms with E-state index in [1.54, 1.807) is 0 Å². The minimum atomic E-state index is 0.850. The summed E-state index contributed by atoms with van der Waals surface area (Å²) in [6.45, 7) is 8.74. The molecule has 4 heteroatoms. The first kappa shape index (κ1) is 41.8. The molecule has 0 saturated carbocycles. The first-order chi connectivity index (χ1) is 35.3. The fraction of sp³-hybridized carbons (Fsp3) is 0.0588. The molecular weight excluding hydrogens is 877 g/mol. The third-order valence-electron chi connectivity index (χ3n) is 14.7. The molecular formula is C68H48N2O2. The Morgan fingerprint density at radius 1 is 0.278 bits per heavy atom. The molecule has 12 aromatic carbocycles. The van der Waals surface area contributed by atoms with Crippen LogP contribution in [0.5, 0.6) is 0 Å². The van der Waals surface area contributed by atoms with Crippen molar-refractivity contribution in [1.82, 2.24) is 0 Å². The molecule has 0 bridgehead atoms. The van der Waals surface area contributed by atoms with E-state index >= 15 is 0 Å². The van der Waals surface area contributed by atoms with Crippen LogP contribution in [0.15, 0.2) is 227 Å². The van der Waals surface area contributed by atoms with Crippen molar-refractivity contribution in [1.29, 1.82) is 0 Å². The summed E-state index contributed by atoms with van der Waals surface area (Å²) in [6.07, 6.45) is 0. The SMILES string of the molecule is Cc1cc(C)cc(N(c2ccc3ccc4c(N(c5cc(C)cc(C)c5)c5cccc6c5oc5c(-c7ccccc7)cccc56)ccc5ccc2c3c54)c2cccc3c2oc2c(-c4ccccc4)cccc23)c1. The number of para-hydroxylation sites is 4. The van der Waals surface area contributed by atoms with Gasteiger partial charge in [0.2, 0.25) is 0 Å². The van der Waals surface area contributed by atoms with E-state index < -0.39 is 0 Å². The second-order valence-electron chi connectivity index (χ2n) is 19.6. The van der Waals surface area contributed by atoms with Crippen molar-refractivity contribution in [2.75, 3.05) is 9.80 Å². The molecule has 0 aliphatic carbocycles. The summed E-state index contributed by atoms with van der Waals surface area (Å²) in [5.41, 5.74) is 19.0. The monoisotopic (exact) mass is 924 g/mol. The summed E-state index contributed by atoms with van der Waals surface area (Å²) in [5, 5.41) is 11.5. The highest BCUT2D eigenvalue weighted by molar-refractivity contribution is 6.29. The maximum Gasteiger partial charge on any atom is 0.159 e. The summed E-state index contributed by atoms with van der Waals surface area (Å²) in [4.78, 5) is 4.85. The lowest BCUT2D eigenvalue weighted by atomic mass is 9.91. The standard InChI is InChI=1S/C68H48N2O2/c1-41-35-42(2)38-49(37-41)69(61-25-13-23-55-53-21-11-19-51(65(53)71-67(55)61)45-15-7-5-8-16-45)59-33-29-47-28-32-58-60(34-30-48-27-31-57(59)63(47)64(48)58)70(50-39-43(3)36-44(4)40-50)62-26-14-24-56-54-22-12-20-52(66(54)72-68(56)62)46-17-9-6-10-18-46/h5-40H,1-4H3. The Morgan fingerprint density at radius 2 is 0.639 bits per heavy atom. The van der Waals surface area contributed by atoms with Crippen LogP contribution in [0.3, 0.4) is 0 Å². The van der Waals surface area contributed by atoms with Gasteiger partial charge in [-0.15, -0.1) is 0 Å². The lowest BCUT2D eigenvalue weighted by molar-refractivity contribution is 0.670. The van der Waals surface area contributed by atoms with Gasteiger partial charge in [-0.1, -0.05) is 170 Å². The van der Waals surface area contributed by atoms with Crippen molar-refractivity contribution in [2.24, 2.45) is 0 Å². The van der Waals surface area contributed by atoms with Crippen molar-refractivity contribution in [3.05, 3.63) is 241 Å². The van der Waals surface area contributed by atoms with Crippen molar-refractivity contribution in [2.45, 2.75) is 27.7 Å². The molecule has 0 aliphatic heterocycles. The minimum absolute atomic E-state index is 0.850. The van der Waals surface area contributed by atoms with Crippen LogP contribution >= 0.6 is 0 Å². The molecule has 0 saturated heterocycles. The van der Waals surface area contributed by atoms with Crippen LogP contribution in [0.4, 0.5) is 34.1 Å². The van der Waals surface area contributed by atoms with E-state index in [1.807, 2.05) is 0 Å². The Kier molecular flexibility index (Phi) is 9.43. The smallest absolute Gasteiger partial charge is 0.159 e. The Balaban J connectivity index is 1.02. The van der Waals surface area contributed by atoms with E-state index in [0.717, 1.165) is 111 Å². The Bertz CT molecular complexity index is 4120. The lowest BCUT2D eigenvalue weighted by Crippen LogP contribution is -2.12. The van der Waals surface area contributed by atoms with Gasteiger partial charge in [-0.25, -0.2) is 0 Å². The maximum absolute atomic E-state index is 7.15. The number of anilines is 6. The van der Waals surface area contributed by atoms with E-state index in [-0.39, 0.29) is 0 Å². The molecule has 0 aliphatic rings. The summed E-state index contributed by atoms with van der Waals surface area (Å²) in [5.74, 6) is 0. The van der Waals surface area contributed by atoms with Crippen molar-refractivity contribution in [3.63, 3.8) is 0 Å². The van der Waals surface area contributed by atoms with Crippen LogP contribution in [0.25, 0.3) is 98.4 Å². The zero-order chi connectivity index (χ0) is 48.2. The Hall–Kier alpha value is -9.12. The molecule has 0 radical (unpaired) electrons. The number of nitrogens with zero attached hydrogens (tertiary/aromatic N) is 2. The first-order valence-corrected chi connectivity index (χ1v) is 24.8. The number of aryl methyl sites for hydroxylation is 4. The molecule has 0 N–H and O–H groups in total. The van der Waals surface area contributed by atoms with Crippen LogP contribution in [0.1, 0.15) is 22.3 Å². The van der Waals surface area contributed by atoms with E-state index in [1.165, 1.54) is 43.8 Å². The summed E-state index contributed by atoms with van der Waals surface area (Å²) >= 11 is 0. The van der Waals surface area contributed by atoms with E-state index in [9.17, 15) is 0 Å². The van der Waals surface area contributed by atoms with Gasteiger partial charge in [-0.2, -0.15) is 0 Å². The van der Waals surface area contributed by atoms with Gasteiger partial charge in [-0.05, 0) is 131 Å². The number of hydrogen-bond acceptors (Lipinski definition) is 4. The third-order valence-corrected chi connectivity index (χ3v) is 14.7. The van der Waals surface area contributed by atoms with Gasteiger partial charge in [0.25, 0.3) is 0 Å². The molecule has 72 heavy (non-hydrogen) atoms. The molecule has 0 spiro atoms.